The fraction of sp³-hybridized carbons (Fsp3) is 0.833. The fourth-order valence-electron chi connectivity index (χ4n) is 2.44. The quantitative estimate of drug-likeness (QED) is 0.572. The highest BCUT2D eigenvalue weighted by atomic mass is 16.8. The minimum absolute atomic E-state index is 0.0722. The highest BCUT2D eigenvalue weighted by Gasteiger charge is 2.54. The SMILES string of the molecule is CO[C@@H]1O[C@@H]2CO[C@](C)(C(=O)O)O[C@H]2[C@H](O)[C@@H]1NC(C)=O. The molecule has 0 radical (unpaired) electrons. The average molecular weight is 305 g/mol. The summed E-state index contributed by atoms with van der Waals surface area (Å²) in [5.41, 5.74) is 0. The molecule has 0 unspecified atom stereocenters. The van der Waals surface area contributed by atoms with Crippen molar-refractivity contribution in [2.24, 2.45) is 0 Å². The molecular formula is C12H19NO8. The number of methoxy groups -OCH3 is 1. The maximum absolute atomic E-state index is 11.2. The van der Waals surface area contributed by atoms with E-state index in [2.05, 4.69) is 5.32 Å². The largest absolute Gasteiger partial charge is 0.477 e. The van der Waals surface area contributed by atoms with Crippen LogP contribution in [0.25, 0.3) is 0 Å². The maximum atomic E-state index is 11.2. The van der Waals surface area contributed by atoms with Gasteiger partial charge in [-0.2, -0.15) is 0 Å². The Morgan fingerprint density at radius 3 is 2.62 bits per heavy atom. The first-order valence-electron chi connectivity index (χ1n) is 6.47. The Morgan fingerprint density at radius 1 is 1.43 bits per heavy atom. The summed E-state index contributed by atoms with van der Waals surface area (Å²) in [6, 6.07) is -0.870. The van der Waals surface area contributed by atoms with Gasteiger partial charge in [-0.15, -0.1) is 0 Å². The van der Waals surface area contributed by atoms with E-state index < -0.39 is 42.4 Å². The van der Waals surface area contributed by atoms with Gasteiger partial charge in [0.05, 0.1) is 6.61 Å². The molecule has 3 N–H and O–H groups in total. The minimum atomic E-state index is -1.87. The molecule has 0 spiro atoms. The third kappa shape index (κ3) is 3.01. The number of ether oxygens (including phenoxy) is 4. The van der Waals surface area contributed by atoms with E-state index in [0.29, 0.717) is 0 Å². The molecule has 2 aliphatic rings. The Bertz CT molecular complexity index is 429. The smallest absolute Gasteiger partial charge is 0.364 e. The predicted octanol–water partition coefficient (Wildman–Crippen LogP) is -1.56. The van der Waals surface area contributed by atoms with Crippen LogP contribution in [0.5, 0.6) is 0 Å². The third-order valence-electron chi connectivity index (χ3n) is 3.55. The van der Waals surface area contributed by atoms with Crippen molar-refractivity contribution >= 4 is 11.9 Å². The number of carbonyl (C=O) groups excluding carboxylic acids is 1. The first-order chi connectivity index (χ1) is 9.78. The molecular weight excluding hydrogens is 286 g/mol. The van der Waals surface area contributed by atoms with Crippen molar-refractivity contribution in [3.8, 4) is 0 Å². The number of aliphatic hydroxyl groups excluding tert-OH is 1. The number of aliphatic carboxylic acids is 1. The molecule has 2 aliphatic heterocycles. The first kappa shape index (κ1) is 16.1. The Balaban J connectivity index is 2.19. The lowest BCUT2D eigenvalue weighted by Crippen LogP contribution is -2.69. The number of carbonyl (C=O) groups is 2. The molecule has 0 aromatic rings. The number of fused-ring (bicyclic) bond motifs is 1. The topological polar surface area (TPSA) is 124 Å². The van der Waals surface area contributed by atoms with Gasteiger partial charge in [0, 0.05) is 21.0 Å². The van der Waals surface area contributed by atoms with E-state index in [1.165, 1.54) is 21.0 Å². The number of hydrogen-bond donors (Lipinski definition) is 3. The summed E-state index contributed by atoms with van der Waals surface area (Å²) in [7, 11) is 1.37. The summed E-state index contributed by atoms with van der Waals surface area (Å²) in [6.45, 7) is 2.46. The van der Waals surface area contributed by atoms with Crippen molar-refractivity contribution in [3.05, 3.63) is 0 Å². The van der Waals surface area contributed by atoms with Gasteiger partial charge in [0.15, 0.2) is 6.29 Å². The van der Waals surface area contributed by atoms with Crippen LogP contribution < -0.4 is 5.32 Å². The summed E-state index contributed by atoms with van der Waals surface area (Å²) in [6.07, 6.45) is -3.72. The molecule has 21 heavy (non-hydrogen) atoms. The van der Waals surface area contributed by atoms with Gasteiger partial charge >= 0.3 is 5.97 Å². The Hall–Kier alpha value is -1.26. The fourth-order valence-corrected chi connectivity index (χ4v) is 2.44. The molecule has 2 heterocycles. The molecule has 1 amide bonds. The highest BCUT2D eigenvalue weighted by molar-refractivity contribution is 5.75. The number of carboxylic acid groups (broad SMARTS) is 1. The summed E-state index contributed by atoms with van der Waals surface area (Å²) in [4.78, 5) is 22.4. The van der Waals surface area contributed by atoms with E-state index in [0.717, 1.165) is 0 Å². The van der Waals surface area contributed by atoms with E-state index in [4.69, 9.17) is 24.1 Å². The van der Waals surface area contributed by atoms with E-state index in [-0.39, 0.29) is 12.5 Å². The van der Waals surface area contributed by atoms with Gasteiger partial charge in [-0.25, -0.2) is 4.79 Å². The van der Waals surface area contributed by atoms with E-state index in [9.17, 15) is 14.7 Å². The molecule has 2 fully saturated rings. The zero-order valence-corrected chi connectivity index (χ0v) is 11.9. The van der Waals surface area contributed by atoms with Gasteiger partial charge in [-0.3, -0.25) is 4.79 Å². The molecule has 6 atom stereocenters. The molecule has 9 heteroatoms. The maximum Gasteiger partial charge on any atom is 0.364 e. The molecule has 0 aromatic carbocycles. The monoisotopic (exact) mass is 305 g/mol. The second-order valence-electron chi connectivity index (χ2n) is 5.14. The zero-order valence-electron chi connectivity index (χ0n) is 11.9. The van der Waals surface area contributed by atoms with Crippen LogP contribution >= 0.6 is 0 Å². The van der Waals surface area contributed by atoms with Crippen LogP contribution in [0.1, 0.15) is 13.8 Å². The Kier molecular flexibility index (Phi) is 4.49. The zero-order chi connectivity index (χ0) is 15.8. The number of nitrogens with one attached hydrogen (secondary N) is 1. The lowest BCUT2D eigenvalue weighted by atomic mass is 9.95. The summed E-state index contributed by atoms with van der Waals surface area (Å²) < 4.78 is 21.2. The van der Waals surface area contributed by atoms with Gasteiger partial charge in [0.1, 0.15) is 24.4 Å². The van der Waals surface area contributed by atoms with Crippen LogP contribution in [0, 0.1) is 0 Å². The third-order valence-corrected chi connectivity index (χ3v) is 3.55. The van der Waals surface area contributed by atoms with Crippen molar-refractivity contribution in [1.82, 2.24) is 5.32 Å². The van der Waals surface area contributed by atoms with Crippen molar-refractivity contribution in [2.75, 3.05) is 13.7 Å². The van der Waals surface area contributed by atoms with Crippen molar-refractivity contribution in [3.63, 3.8) is 0 Å². The van der Waals surface area contributed by atoms with Crippen molar-refractivity contribution in [2.45, 2.75) is 50.3 Å². The van der Waals surface area contributed by atoms with E-state index in [1.54, 1.807) is 0 Å². The number of amides is 1. The lowest BCUT2D eigenvalue weighted by molar-refractivity contribution is -0.363. The molecule has 0 aromatic heterocycles. The molecule has 0 saturated carbocycles. The van der Waals surface area contributed by atoms with Gasteiger partial charge < -0.3 is 34.5 Å². The number of hydrogen-bond acceptors (Lipinski definition) is 7. The minimum Gasteiger partial charge on any atom is -0.477 e. The van der Waals surface area contributed by atoms with E-state index >= 15 is 0 Å². The second-order valence-corrected chi connectivity index (χ2v) is 5.14. The molecule has 2 saturated heterocycles. The van der Waals surface area contributed by atoms with E-state index in [1.807, 2.05) is 0 Å². The summed E-state index contributed by atoms with van der Waals surface area (Å²) in [5, 5.41) is 22.0. The van der Waals surface area contributed by atoms with Crippen molar-refractivity contribution < 1.29 is 38.7 Å². The van der Waals surface area contributed by atoms with Gasteiger partial charge in [-0.05, 0) is 0 Å². The van der Waals surface area contributed by atoms with Crippen molar-refractivity contribution in [1.29, 1.82) is 0 Å². The number of aliphatic hydroxyl groups is 1. The average Bonchev–Trinajstić information content (AvgIpc) is 2.42. The Labute approximate surface area is 121 Å². The standard InChI is InChI=1S/C12H19NO8/c1-5(14)13-7-8(15)9-6(20-10(7)18-3)4-19-12(2,21-9)11(16)17/h6-10,15H,4H2,1-3H3,(H,13,14)(H,16,17)/t6-,7+,8-,9-,10-,12+/m1/s1. The molecule has 120 valence electrons. The predicted molar refractivity (Wildman–Crippen MR) is 66.1 cm³/mol. The molecule has 2 rings (SSSR count). The summed E-state index contributed by atoms with van der Waals surface area (Å²) in [5.74, 6) is -3.55. The molecule has 0 aliphatic carbocycles. The molecule has 0 bridgehead atoms. The Morgan fingerprint density at radius 2 is 2.10 bits per heavy atom. The summed E-state index contributed by atoms with van der Waals surface area (Å²) >= 11 is 0. The number of rotatable bonds is 3. The van der Waals surface area contributed by atoms with Crippen LogP contribution in [0.15, 0.2) is 0 Å². The number of carboxylic acids is 1. The molecule has 9 nitrogen and oxygen atoms in total. The lowest BCUT2D eigenvalue weighted by Gasteiger charge is -2.49. The van der Waals surface area contributed by atoms with Crippen LogP contribution in [-0.2, 0) is 28.5 Å². The van der Waals surface area contributed by atoms with Gasteiger partial charge in [0.25, 0.3) is 5.79 Å². The second kappa shape index (κ2) is 5.85. The van der Waals surface area contributed by atoms with Gasteiger partial charge in [0.2, 0.25) is 5.91 Å². The van der Waals surface area contributed by atoms with Gasteiger partial charge in [-0.1, -0.05) is 0 Å². The highest BCUT2D eigenvalue weighted by Crippen LogP contribution is 2.33. The van der Waals surface area contributed by atoms with Crippen LogP contribution in [0.2, 0.25) is 0 Å². The van der Waals surface area contributed by atoms with Crippen LogP contribution in [0.4, 0.5) is 0 Å². The van der Waals surface area contributed by atoms with Crippen LogP contribution in [-0.4, -0.2) is 72.2 Å². The normalized spacial score (nSPS) is 43.0. The van der Waals surface area contributed by atoms with Crippen LogP contribution in [0.3, 0.4) is 0 Å². The first-order valence-corrected chi connectivity index (χ1v) is 6.47.